The summed E-state index contributed by atoms with van der Waals surface area (Å²) in [6.45, 7) is 1.93. The molecule has 1 rings (SSSR count). The van der Waals surface area contributed by atoms with Gasteiger partial charge in [-0.1, -0.05) is 50.2 Å². The van der Waals surface area contributed by atoms with Crippen molar-refractivity contribution in [1.82, 2.24) is 0 Å². The van der Waals surface area contributed by atoms with Gasteiger partial charge in [0.05, 0.1) is 15.7 Å². The normalized spacial score (nSPS) is 22.9. The van der Waals surface area contributed by atoms with Gasteiger partial charge >= 0.3 is 0 Å². The van der Waals surface area contributed by atoms with Crippen LogP contribution in [0.5, 0.6) is 0 Å². The van der Waals surface area contributed by atoms with Gasteiger partial charge in [0, 0.05) is 0 Å². The van der Waals surface area contributed by atoms with E-state index in [0.717, 1.165) is 0 Å². The van der Waals surface area contributed by atoms with Crippen molar-refractivity contribution in [1.29, 1.82) is 0 Å². The molecule has 0 amide bonds. The summed E-state index contributed by atoms with van der Waals surface area (Å²) in [5.74, 6) is 0.557. The zero-order valence-electron chi connectivity index (χ0n) is 6.77. The van der Waals surface area contributed by atoms with Crippen LogP contribution < -0.4 is 0 Å². The van der Waals surface area contributed by atoms with E-state index in [2.05, 4.69) is 0 Å². The second kappa shape index (κ2) is 3.02. The van der Waals surface area contributed by atoms with Crippen molar-refractivity contribution in [3.63, 3.8) is 0 Å². The molecule has 0 aromatic heterocycles. The van der Waals surface area contributed by atoms with Gasteiger partial charge in [-0.15, -0.1) is 0 Å². The Morgan fingerprint density at radius 1 is 1.10 bits per heavy atom. The molecule has 0 aromatic rings. The molecular formula is C8H14B2. The molecule has 4 radical (unpaired) electrons. The fraction of sp³-hybridized carbons (Fsp3) is 1.00. The second-order valence-electron chi connectivity index (χ2n) is 3.70. The molecule has 0 bridgehead atoms. The van der Waals surface area contributed by atoms with Crippen molar-refractivity contribution in [3.05, 3.63) is 0 Å². The van der Waals surface area contributed by atoms with Crippen LogP contribution in [0.3, 0.4) is 0 Å². The SMILES string of the molecule is [B]C([B])(C)C1CCCCC1. The predicted molar refractivity (Wildman–Crippen MR) is 46.5 cm³/mol. The molecule has 1 saturated carbocycles. The molecule has 1 aliphatic carbocycles. The summed E-state index contributed by atoms with van der Waals surface area (Å²) >= 11 is 0. The van der Waals surface area contributed by atoms with Crippen LogP contribution in [-0.2, 0) is 0 Å². The molecule has 0 nitrogen and oxygen atoms in total. The lowest BCUT2D eigenvalue weighted by molar-refractivity contribution is 0.330. The molecule has 0 aliphatic heterocycles. The van der Waals surface area contributed by atoms with Crippen LogP contribution in [0, 0.1) is 5.92 Å². The summed E-state index contributed by atoms with van der Waals surface area (Å²) in [4.78, 5) is 0. The Balaban J connectivity index is 2.39. The van der Waals surface area contributed by atoms with Crippen molar-refractivity contribution in [3.8, 4) is 0 Å². The van der Waals surface area contributed by atoms with E-state index in [-0.39, 0.29) is 0 Å². The molecule has 10 heavy (non-hydrogen) atoms. The maximum Gasteiger partial charge on any atom is 0.0620 e. The van der Waals surface area contributed by atoms with Gasteiger partial charge in [0.25, 0.3) is 0 Å². The van der Waals surface area contributed by atoms with Gasteiger partial charge in [-0.25, -0.2) is 0 Å². The minimum absolute atomic E-state index is 0.430. The highest BCUT2D eigenvalue weighted by atomic mass is 14.2. The van der Waals surface area contributed by atoms with Crippen LogP contribution in [0.4, 0.5) is 0 Å². The second-order valence-corrected chi connectivity index (χ2v) is 3.70. The smallest absolute Gasteiger partial charge is 0.0620 e. The van der Waals surface area contributed by atoms with Gasteiger partial charge in [-0.2, -0.15) is 0 Å². The summed E-state index contributed by atoms with van der Waals surface area (Å²) in [6, 6.07) is 0. The number of hydrogen-bond donors (Lipinski definition) is 0. The van der Waals surface area contributed by atoms with Crippen molar-refractivity contribution in [2.45, 2.75) is 44.2 Å². The maximum absolute atomic E-state index is 5.79. The first-order valence-corrected chi connectivity index (χ1v) is 4.18. The van der Waals surface area contributed by atoms with E-state index in [0.29, 0.717) is 5.92 Å². The van der Waals surface area contributed by atoms with Gasteiger partial charge in [0.15, 0.2) is 0 Å². The maximum atomic E-state index is 5.79. The summed E-state index contributed by atoms with van der Waals surface area (Å²) < 4.78 is 0. The lowest BCUT2D eigenvalue weighted by atomic mass is 9.47. The van der Waals surface area contributed by atoms with E-state index in [4.69, 9.17) is 15.7 Å². The van der Waals surface area contributed by atoms with Crippen LogP contribution in [0.25, 0.3) is 0 Å². The van der Waals surface area contributed by atoms with Crippen molar-refractivity contribution >= 4 is 15.7 Å². The quantitative estimate of drug-likeness (QED) is 0.478. The monoisotopic (exact) mass is 132 g/mol. The lowest BCUT2D eigenvalue weighted by Gasteiger charge is -2.34. The molecule has 1 fully saturated rings. The Morgan fingerprint density at radius 2 is 1.60 bits per heavy atom. The van der Waals surface area contributed by atoms with Crippen LogP contribution >= 0.6 is 0 Å². The average Bonchev–Trinajstić information content (AvgIpc) is 1.88. The molecule has 0 atom stereocenters. The van der Waals surface area contributed by atoms with Crippen LogP contribution in [-0.4, -0.2) is 15.7 Å². The molecule has 1 aliphatic rings. The summed E-state index contributed by atoms with van der Waals surface area (Å²) in [6.07, 6.45) is 6.45. The van der Waals surface area contributed by atoms with Gasteiger partial charge in [-0.05, 0) is 0 Å². The Kier molecular flexibility index (Phi) is 2.49. The van der Waals surface area contributed by atoms with E-state index >= 15 is 0 Å². The first-order valence-electron chi connectivity index (χ1n) is 4.18. The standard InChI is InChI=1S/C8H14B2/c1-8(9,10)7-5-3-2-4-6-7/h7H,2-6H2,1H3. The largest absolute Gasteiger partial charge is 0.0990 e. The van der Waals surface area contributed by atoms with E-state index in [1.54, 1.807) is 0 Å². The summed E-state index contributed by atoms with van der Waals surface area (Å²) in [5.41, 5.74) is 0. The van der Waals surface area contributed by atoms with Crippen molar-refractivity contribution < 1.29 is 0 Å². The Hall–Kier alpha value is 0.130. The third-order valence-corrected chi connectivity index (χ3v) is 2.48. The highest BCUT2D eigenvalue weighted by Crippen LogP contribution is 2.38. The number of rotatable bonds is 1. The van der Waals surface area contributed by atoms with Crippen molar-refractivity contribution in [2.24, 2.45) is 5.92 Å². The fourth-order valence-corrected chi connectivity index (χ4v) is 1.72. The average molecular weight is 132 g/mol. The topological polar surface area (TPSA) is 0 Å². The van der Waals surface area contributed by atoms with E-state index in [9.17, 15) is 0 Å². The van der Waals surface area contributed by atoms with Gasteiger partial charge in [0.2, 0.25) is 0 Å². The lowest BCUT2D eigenvalue weighted by Crippen LogP contribution is -2.23. The zero-order chi connectivity index (χ0) is 7.61. The Labute approximate surface area is 66.6 Å². The fourth-order valence-electron chi connectivity index (χ4n) is 1.72. The first kappa shape index (κ1) is 8.23. The number of hydrogen-bond acceptors (Lipinski definition) is 0. The van der Waals surface area contributed by atoms with Crippen LogP contribution in [0.15, 0.2) is 0 Å². The van der Waals surface area contributed by atoms with Gasteiger partial charge < -0.3 is 0 Å². The minimum atomic E-state index is -0.430. The van der Waals surface area contributed by atoms with Crippen LogP contribution in [0.2, 0.25) is 5.21 Å². The van der Waals surface area contributed by atoms with E-state index < -0.39 is 5.21 Å². The van der Waals surface area contributed by atoms with Gasteiger partial charge in [0.1, 0.15) is 0 Å². The van der Waals surface area contributed by atoms with E-state index in [1.807, 2.05) is 6.92 Å². The molecule has 0 spiro atoms. The third kappa shape index (κ3) is 2.07. The highest BCUT2D eigenvalue weighted by Gasteiger charge is 2.24. The molecule has 0 saturated heterocycles. The first-order chi connectivity index (χ1) is 4.61. The van der Waals surface area contributed by atoms with Crippen LogP contribution in [0.1, 0.15) is 39.0 Å². The third-order valence-electron chi connectivity index (χ3n) is 2.48. The van der Waals surface area contributed by atoms with Crippen molar-refractivity contribution in [2.75, 3.05) is 0 Å². The molecular weight excluding hydrogens is 118 g/mol. The summed E-state index contributed by atoms with van der Waals surface area (Å²) in [7, 11) is 11.6. The molecule has 0 N–H and O–H groups in total. The molecule has 0 heterocycles. The summed E-state index contributed by atoms with van der Waals surface area (Å²) in [5, 5.41) is -0.430. The molecule has 52 valence electrons. The highest BCUT2D eigenvalue weighted by molar-refractivity contribution is 6.39. The molecule has 0 unspecified atom stereocenters. The van der Waals surface area contributed by atoms with E-state index in [1.165, 1.54) is 32.1 Å². The predicted octanol–water partition coefficient (Wildman–Crippen LogP) is 2.04. The molecule has 2 heteroatoms. The Bertz CT molecular complexity index is 98.3. The van der Waals surface area contributed by atoms with Gasteiger partial charge in [-0.3, -0.25) is 0 Å². The molecule has 0 aromatic carbocycles. The zero-order valence-corrected chi connectivity index (χ0v) is 6.77. The minimum Gasteiger partial charge on any atom is -0.0990 e. The Morgan fingerprint density at radius 3 is 1.90 bits per heavy atom.